The Morgan fingerprint density at radius 1 is 0.855 bits per heavy atom. The summed E-state index contributed by atoms with van der Waals surface area (Å²) in [5, 5.41) is 17.8. The predicted octanol–water partition coefficient (Wildman–Crippen LogP) is 7.99. The standard InChI is InChI=1S/C46H63N7O2/c1-34-44(38-13-8-7-9-14-38)45-48-41(29-43(53(45)49-34)52-21-19-51(20-22-52)23-24-54)39-15-12-16-40(28-39)50(2)18-11-6-4-3-5-10-17-47-42(55)33-46-30-35-25-36(31-46)27-37(26-35)32-46/h7-9,12-16,28-29,35-37,54H,3-6,10-11,17-27,30-33H2,1-2H3,(H,47,55). The third-order valence-corrected chi connectivity index (χ3v) is 13.4. The van der Waals surface area contributed by atoms with Gasteiger partial charge in [-0.25, -0.2) is 4.98 Å². The SMILES string of the molecule is Cc1nn2c(N3CCN(CCO)CC3)cc(-c3cccc(N(C)CCCCCCCCNC(=O)CC45CC6CC(CC(C6)C4)C5)c3)nc2c1-c1ccccc1. The van der Waals surface area contributed by atoms with Crippen molar-refractivity contribution in [2.75, 3.05) is 69.3 Å². The summed E-state index contributed by atoms with van der Waals surface area (Å²) in [6.07, 6.45) is 16.2. The van der Waals surface area contributed by atoms with Crippen LogP contribution < -0.4 is 15.1 Å². The molecule has 55 heavy (non-hydrogen) atoms. The van der Waals surface area contributed by atoms with E-state index < -0.39 is 0 Å². The van der Waals surface area contributed by atoms with Crippen molar-refractivity contribution in [2.24, 2.45) is 23.2 Å². The number of anilines is 2. The van der Waals surface area contributed by atoms with Crippen LogP contribution in [-0.2, 0) is 4.79 Å². The summed E-state index contributed by atoms with van der Waals surface area (Å²) >= 11 is 0. The Labute approximate surface area is 328 Å². The molecular weight excluding hydrogens is 683 g/mol. The van der Waals surface area contributed by atoms with Crippen LogP contribution in [0.1, 0.15) is 89.2 Å². The molecule has 9 nitrogen and oxygen atoms in total. The molecule has 4 aromatic rings. The number of aryl methyl sites for hydroxylation is 1. The summed E-state index contributed by atoms with van der Waals surface area (Å²) in [7, 11) is 2.20. The maximum Gasteiger partial charge on any atom is 0.220 e. The number of hydrogen-bond donors (Lipinski definition) is 2. The second-order valence-electron chi connectivity index (χ2n) is 17.7. The molecule has 294 valence electrons. The number of nitrogens with one attached hydrogen (secondary N) is 1. The normalized spacial score (nSPS) is 23.5. The van der Waals surface area contributed by atoms with Crippen LogP contribution in [0.2, 0.25) is 0 Å². The molecule has 2 N–H and O–H groups in total. The van der Waals surface area contributed by atoms with Gasteiger partial charge in [-0.05, 0) is 99.2 Å². The van der Waals surface area contributed by atoms with Gasteiger partial charge >= 0.3 is 0 Å². The number of piperazine rings is 1. The molecule has 4 bridgehead atoms. The number of aliphatic hydroxyl groups is 1. The average molecular weight is 746 g/mol. The first kappa shape index (κ1) is 37.9. The maximum atomic E-state index is 12.9. The summed E-state index contributed by atoms with van der Waals surface area (Å²) in [4.78, 5) is 25.3. The van der Waals surface area contributed by atoms with Crippen molar-refractivity contribution < 1.29 is 9.90 Å². The number of nitrogens with zero attached hydrogens (tertiary/aromatic N) is 6. The zero-order chi connectivity index (χ0) is 37.8. The Kier molecular flexibility index (Phi) is 11.8. The van der Waals surface area contributed by atoms with Gasteiger partial charge in [0.05, 0.1) is 18.0 Å². The van der Waals surface area contributed by atoms with Crippen LogP contribution in [0.5, 0.6) is 0 Å². The van der Waals surface area contributed by atoms with Crippen LogP contribution in [0, 0.1) is 30.1 Å². The van der Waals surface area contributed by atoms with Crippen molar-refractivity contribution in [3.05, 3.63) is 66.4 Å². The zero-order valence-corrected chi connectivity index (χ0v) is 33.4. The molecule has 2 aromatic heterocycles. The number of unbranched alkanes of at least 4 members (excludes halogenated alkanes) is 5. The zero-order valence-electron chi connectivity index (χ0n) is 33.4. The van der Waals surface area contributed by atoms with E-state index in [0.29, 0.717) is 17.9 Å². The highest BCUT2D eigenvalue weighted by Crippen LogP contribution is 2.61. The summed E-state index contributed by atoms with van der Waals surface area (Å²) in [5.74, 6) is 4.11. The van der Waals surface area contributed by atoms with E-state index in [9.17, 15) is 9.90 Å². The second-order valence-corrected chi connectivity index (χ2v) is 17.7. The van der Waals surface area contributed by atoms with Crippen LogP contribution in [0.25, 0.3) is 28.0 Å². The summed E-state index contributed by atoms with van der Waals surface area (Å²) in [6, 6.07) is 21.5. The first-order chi connectivity index (χ1) is 26.9. The van der Waals surface area contributed by atoms with Gasteiger partial charge in [0.15, 0.2) is 5.65 Å². The van der Waals surface area contributed by atoms with Gasteiger partial charge in [0.2, 0.25) is 5.91 Å². The molecule has 5 fully saturated rings. The number of aromatic nitrogens is 3. The Balaban J connectivity index is 0.837. The number of amides is 1. The lowest BCUT2D eigenvalue weighted by Crippen LogP contribution is -2.48. The lowest BCUT2D eigenvalue weighted by atomic mass is 9.49. The highest BCUT2D eigenvalue weighted by Gasteiger charge is 2.51. The van der Waals surface area contributed by atoms with Gasteiger partial charge in [-0.3, -0.25) is 9.69 Å². The quantitative estimate of drug-likeness (QED) is 0.106. The smallest absolute Gasteiger partial charge is 0.220 e. The van der Waals surface area contributed by atoms with Crippen LogP contribution >= 0.6 is 0 Å². The number of β-amino-alcohol motifs (C(OH)–C–C–N with tert-alkyl or cyclic N) is 1. The highest BCUT2D eigenvalue weighted by atomic mass is 16.3. The molecule has 1 amide bonds. The topological polar surface area (TPSA) is 89.2 Å². The van der Waals surface area contributed by atoms with Crippen LogP contribution in [0.4, 0.5) is 11.5 Å². The summed E-state index contributed by atoms with van der Waals surface area (Å²) < 4.78 is 2.04. The molecule has 2 aromatic carbocycles. The first-order valence-corrected chi connectivity index (χ1v) is 21.5. The summed E-state index contributed by atoms with van der Waals surface area (Å²) in [6.45, 7) is 8.40. The molecule has 4 aliphatic carbocycles. The van der Waals surface area contributed by atoms with Gasteiger partial charge in [0.1, 0.15) is 5.82 Å². The number of fused-ring (bicyclic) bond motifs is 1. The fourth-order valence-corrected chi connectivity index (χ4v) is 11.1. The molecule has 1 aliphatic heterocycles. The fourth-order valence-electron chi connectivity index (χ4n) is 11.1. The van der Waals surface area contributed by atoms with Gasteiger partial charge in [0.25, 0.3) is 0 Å². The van der Waals surface area contributed by atoms with Crippen LogP contribution in [0.3, 0.4) is 0 Å². The largest absolute Gasteiger partial charge is 0.395 e. The van der Waals surface area contributed by atoms with Crippen molar-refractivity contribution in [3.8, 4) is 22.4 Å². The lowest BCUT2D eigenvalue weighted by molar-refractivity contribution is -0.129. The minimum atomic E-state index is 0.191. The minimum Gasteiger partial charge on any atom is -0.395 e. The molecule has 1 saturated heterocycles. The van der Waals surface area contributed by atoms with Gasteiger partial charge in [-0.15, -0.1) is 0 Å². The molecule has 0 spiro atoms. The van der Waals surface area contributed by atoms with Gasteiger partial charge in [-0.2, -0.15) is 9.61 Å². The lowest BCUT2D eigenvalue weighted by Gasteiger charge is -2.56. The van der Waals surface area contributed by atoms with Crippen LogP contribution in [0.15, 0.2) is 60.7 Å². The molecule has 9 rings (SSSR count). The molecule has 5 aliphatic rings. The third kappa shape index (κ3) is 8.73. The predicted molar refractivity (Wildman–Crippen MR) is 224 cm³/mol. The van der Waals surface area contributed by atoms with E-state index in [1.165, 1.54) is 69.9 Å². The van der Waals surface area contributed by atoms with E-state index in [0.717, 1.165) is 116 Å². The Bertz CT molecular complexity index is 1860. The van der Waals surface area contributed by atoms with E-state index in [2.05, 4.69) is 94.7 Å². The molecule has 9 heteroatoms. The highest BCUT2D eigenvalue weighted by molar-refractivity contribution is 5.83. The number of carbonyl (C=O) groups is 1. The van der Waals surface area contributed by atoms with Gasteiger partial charge in [-0.1, -0.05) is 68.1 Å². The summed E-state index contributed by atoms with van der Waals surface area (Å²) in [5.41, 5.74) is 7.66. The Morgan fingerprint density at radius 2 is 1.53 bits per heavy atom. The van der Waals surface area contributed by atoms with E-state index in [4.69, 9.17) is 10.1 Å². The monoisotopic (exact) mass is 746 g/mol. The Hall–Kier alpha value is -3.95. The van der Waals surface area contributed by atoms with E-state index >= 15 is 0 Å². The third-order valence-electron chi connectivity index (χ3n) is 13.4. The van der Waals surface area contributed by atoms with E-state index in [-0.39, 0.29) is 6.61 Å². The first-order valence-electron chi connectivity index (χ1n) is 21.5. The number of rotatable bonds is 17. The molecule has 4 saturated carbocycles. The van der Waals surface area contributed by atoms with Crippen molar-refractivity contribution >= 4 is 23.1 Å². The average Bonchev–Trinajstić information content (AvgIpc) is 3.52. The Morgan fingerprint density at radius 3 is 2.24 bits per heavy atom. The number of carbonyl (C=O) groups excluding carboxylic acids is 1. The van der Waals surface area contributed by atoms with Crippen molar-refractivity contribution in [1.82, 2.24) is 24.8 Å². The maximum absolute atomic E-state index is 12.9. The van der Waals surface area contributed by atoms with Crippen molar-refractivity contribution in [3.63, 3.8) is 0 Å². The van der Waals surface area contributed by atoms with E-state index in [1.807, 2.05) is 4.52 Å². The van der Waals surface area contributed by atoms with Crippen molar-refractivity contribution in [1.29, 1.82) is 0 Å². The van der Waals surface area contributed by atoms with E-state index in [1.54, 1.807) is 0 Å². The molecule has 0 radical (unpaired) electrons. The molecular formula is C46H63N7O2. The second kappa shape index (κ2) is 17.0. The number of aliphatic hydroxyl groups excluding tert-OH is 1. The van der Waals surface area contributed by atoms with Crippen LogP contribution in [-0.4, -0.2) is 90.0 Å². The van der Waals surface area contributed by atoms with Crippen molar-refractivity contribution in [2.45, 2.75) is 90.4 Å². The number of benzene rings is 2. The van der Waals surface area contributed by atoms with Gasteiger partial charge in [0, 0.05) is 82.2 Å². The minimum absolute atomic E-state index is 0.191. The number of hydrogen-bond acceptors (Lipinski definition) is 7. The fraction of sp³-hybridized carbons (Fsp3) is 0.587. The molecule has 0 unspecified atom stereocenters. The molecule has 0 atom stereocenters. The molecule has 3 heterocycles. The van der Waals surface area contributed by atoms with Gasteiger partial charge < -0.3 is 20.2 Å².